The first kappa shape index (κ1) is 6.05. The quantitative estimate of drug-likeness (QED) is 0.520. The summed E-state index contributed by atoms with van der Waals surface area (Å²) < 4.78 is 0. The molecule has 1 fully saturated rings. The van der Waals surface area contributed by atoms with E-state index in [1.807, 2.05) is 0 Å². The summed E-state index contributed by atoms with van der Waals surface area (Å²) in [4.78, 5) is 0. The maximum Gasteiger partial charge on any atom is 0.0347 e. The van der Waals surface area contributed by atoms with Gasteiger partial charge in [-0.05, 0) is 12.8 Å². The largest absolute Gasteiger partial charge is 0.314 e. The van der Waals surface area contributed by atoms with Crippen molar-refractivity contribution in [2.75, 3.05) is 7.05 Å². The monoisotopic (exact) mass is 115 g/mol. The van der Waals surface area contributed by atoms with E-state index in [-0.39, 0.29) is 0 Å². The van der Waals surface area contributed by atoms with Gasteiger partial charge in [0, 0.05) is 13.1 Å². The summed E-state index contributed by atoms with van der Waals surface area (Å²) in [6.07, 6.45) is 4.92. The Balaban J connectivity index is 2.24. The summed E-state index contributed by atoms with van der Waals surface area (Å²) in [5, 5.41) is 10.2. The van der Waals surface area contributed by atoms with E-state index in [1.165, 1.54) is 30.7 Å². The molecule has 1 aliphatic carbocycles. The molecule has 8 heavy (non-hydrogen) atoms. The normalized spacial score (nSPS) is 22.9. The summed E-state index contributed by atoms with van der Waals surface area (Å²) in [7, 11) is 1.73. The third kappa shape index (κ3) is 1.20. The van der Waals surface area contributed by atoms with Crippen LogP contribution < -0.4 is 0 Å². The smallest absolute Gasteiger partial charge is 0.0347 e. The van der Waals surface area contributed by atoms with E-state index in [0.29, 0.717) is 6.04 Å². The molecule has 1 aliphatic rings. The molecule has 0 amide bonds. The zero-order chi connectivity index (χ0) is 5.98. The molecular formula is C6H13NO. The molecule has 2 nitrogen and oxygen atoms in total. The summed E-state index contributed by atoms with van der Waals surface area (Å²) in [5.74, 6) is 0. The second kappa shape index (κ2) is 2.46. The molecule has 0 aromatic rings. The molecule has 0 atom stereocenters. The SMILES string of the molecule is CN(O)C1CCCC1. The zero-order valence-corrected chi connectivity index (χ0v) is 5.30. The van der Waals surface area contributed by atoms with Gasteiger partial charge in [0.2, 0.25) is 0 Å². The van der Waals surface area contributed by atoms with Gasteiger partial charge in [0.25, 0.3) is 0 Å². The molecule has 0 aromatic heterocycles. The van der Waals surface area contributed by atoms with E-state index >= 15 is 0 Å². The lowest BCUT2D eigenvalue weighted by atomic mass is 10.3. The molecule has 48 valence electrons. The molecule has 0 bridgehead atoms. The van der Waals surface area contributed by atoms with Gasteiger partial charge in [-0.3, -0.25) is 0 Å². The first-order valence-electron chi connectivity index (χ1n) is 3.22. The highest BCUT2D eigenvalue weighted by Crippen LogP contribution is 2.20. The lowest BCUT2D eigenvalue weighted by Gasteiger charge is -2.14. The highest BCUT2D eigenvalue weighted by atomic mass is 16.5. The molecule has 0 unspecified atom stereocenters. The molecule has 0 saturated heterocycles. The van der Waals surface area contributed by atoms with Gasteiger partial charge in [-0.1, -0.05) is 12.8 Å². The molecule has 2 heteroatoms. The Labute approximate surface area is 50.1 Å². The van der Waals surface area contributed by atoms with Crippen LogP contribution in [0.3, 0.4) is 0 Å². The van der Waals surface area contributed by atoms with Crippen LogP contribution in [-0.2, 0) is 0 Å². The number of hydrogen-bond acceptors (Lipinski definition) is 2. The van der Waals surface area contributed by atoms with E-state index in [2.05, 4.69) is 0 Å². The van der Waals surface area contributed by atoms with Crippen molar-refractivity contribution in [2.45, 2.75) is 31.7 Å². The van der Waals surface area contributed by atoms with Crippen LogP contribution in [0.2, 0.25) is 0 Å². The van der Waals surface area contributed by atoms with Crippen molar-refractivity contribution in [1.29, 1.82) is 0 Å². The van der Waals surface area contributed by atoms with Gasteiger partial charge in [-0.15, -0.1) is 0 Å². The van der Waals surface area contributed by atoms with Crippen LogP contribution in [0, 0.1) is 0 Å². The molecule has 0 heterocycles. The van der Waals surface area contributed by atoms with E-state index in [9.17, 15) is 0 Å². The van der Waals surface area contributed by atoms with Crippen molar-refractivity contribution in [1.82, 2.24) is 5.06 Å². The topological polar surface area (TPSA) is 23.5 Å². The summed E-state index contributed by atoms with van der Waals surface area (Å²) >= 11 is 0. The van der Waals surface area contributed by atoms with Crippen LogP contribution in [0.25, 0.3) is 0 Å². The van der Waals surface area contributed by atoms with Gasteiger partial charge in [0.15, 0.2) is 0 Å². The van der Waals surface area contributed by atoms with E-state index in [4.69, 9.17) is 5.21 Å². The maximum atomic E-state index is 8.89. The molecule has 0 radical (unpaired) electrons. The van der Waals surface area contributed by atoms with Gasteiger partial charge >= 0.3 is 0 Å². The third-order valence-corrected chi connectivity index (χ3v) is 1.85. The zero-order valence-electron chi connectivity index (χ0n) is 5.30. The van der Waals surface area contributed by atoms with Crippen LogP contribution in [0.15, 0.2) is 0 Å². The molecule has 1 saturated carbocycles. The van der Waals surface area contributed by atoms with Gasteiger partial charge in [0.1, 0.15) is 0 Å². The summed E-state index contributed by atoms with van der Waals surface area (Å²) in [5.41, 5.74) is 0. The Morgan fingerprint density at radius 2 is 1.88 bits per heavy atom. The fraction of sp³-hybridized carbons (Fsp3) is 1.00. The Kier molecular flexibility index (Phi) is 1.86. The van der Waals surface area contributed by atoms with E-state index in [0.717, 1.165) is 0 Å². The molecule has 1 N–H and O–H groups in total. The van der Waals surface area contributed by atoms with Crippen LogP contribution in [-0.4, -0.2) is 23.4 Å². The Morgan fingerprint density at radius 3 is 2.12 bits per heavy atom. The predicted octanol–water partition coefficient (Wildman–Crippen LogP) is 1.25. The van der Waals surface area contributed by atoms with E-state index < -0.39 is 0 Å². The van der Waals surface area contributed by atoms with Gasteiger partial charge in [-0.2, -0.15) is 5.06 Å². The first-order chi connectivity index (χ1) is 3.80. The standard InChI is InChI=1S/C6H13NO/c1-7(8)6-4-2-3-5-6/h6,8H,2-5H2,1H3. The third-order valence-electron chi connectivity index (χ3n) is 1.85. The minimum absolute atomic E-state index is 0.454. The number of hydrogen-bond donors (Lipinski definition) is 1. The van der Waals surface area contributed by atoms with Crippen molar-refractivity contribution in [2.24, 2.45) is 0 Å². The fourth-order valence-electron chi connectivity index (χ4n) is 1.28. The molecule has 0 spiro atoms. The van der Waals surface area contributed by atoms with Crippen molar-refractivity contribution < 1.29 is 5.21 Å². The van der Waals surface area contributed by atoms with Crippen LogP contribution in [0.4, 0.5) is 0 Å². The van der Waals surface area contributed by atoms with Crippen LogP contribution in [0.1, 0.15) is 25.7 Å². The van der Waals surface area contributed by atoms with Crippen molar-refractivity contribution in [3.63, 3.8) is 0 Å². The molecule has 0 aromatic carbocycles. The fourth-order valence-corrected chi connectivity index (χ4v) is 1.28. The van der Waals surface area contributed by atoms with Crippen LogP contribution >= 0.6 is 0 Å². The summed E-state index contributed by atoms with van der Waals surface area (Å²) in [6.45, 7) is 0. The van der Waals surface area contributed by atoms with Gasteiger partial charge in [-0.25, -0.2) is 0 Å². The lowest BCUT2D eigenvalue weighted by molar-refractivity contribution is -0.0997. The average Bonchev–Trinajstić information content (AvgIpc) is 2.12. The highest BCUT2D eigenvalue weighted by Gasteiger charge is 2.17. The molecule has 1 rings (SSSR count). The average molecular weight is 115 g/mol. The van der Waals surface area contributed by atoms with Crippen molar-refractivity contribution in [3.05, 3.63) is 0 Å². The first-order valence-corrected chi connectivity index (χ1v) is 3.22. The Bertz CT molecular complexity index is 66.9. The number of hydroxylamine groups is 2. The number of nitrogens with zero attached hydrogens (tertiary/aromatic N) is 1. The van der Waals surface area contributed by atoms with E-state index in [1.54, 1.807) is 7.05 Å². The van der Waals surface area contributed by atoms with Gasteiger partial charge in [0.05, 0.1) is 0 Å². The number of rotatable bonds is 1. The minimum atomic E-state index is 0.454. The van der Waals surface area contributed by atoms with Crippen LogP contribution in [0.5, 0.6) is 0 Å². The second-order valence-corrected chi connectivity index (χ2v) is 2.51. The van der Waals surface area contributed by atoms with Crippen molar-refractivity contribution >= 4 is 0 Å². The minimum Gasteiger partial charge on any atom is -0.314 e. The lowest BCUT2D eigenvalue weighted by Crippen LogP contribution is -2.24. The second-order valence-electron chi connectivity index (χ2n) is 2.51. The molecule has 0 aliphatic heterocycles. The predicted molar refractivity (Wildman–Crippen MR) is 31.8 cm³/mol. The molecular weight excluding hydrogens is 102 g/mol. The summed E-state index contributed by atoms with van der Waals surface area (Å²) in [6, 6.07) is 0.454. The van der Waals surface area contributed by atoms with Crippen molar-refractivity contribution in [3.8, 4) is 0 Å². The maximum absolute atomic E-state index is 8.89. The Hall–Kier alpha value is -0.0800. The highest BCUT2D eigenvalue weighted by molar-refractivity contribution is 4.70. The van der Waals surface area contributed by atoms with Gasteiger partial charge < -0.3 is 5.21 Å². The Morgan fingerprint density at radius 1 is 1.38 bits per heavy atom.